The second kappa shape index (κ2) is 10.7. The van der Waals surface area contributed by atoms with Gasteiger partial charge in [-0.1, -0.05) is 18.2 Å². The molecule has 3 rings (SSSR count). The van der Waals surface area contributed by atoms with Gasteiger partial charge in [-0.3, -0.25) is 0 Å². The van der Waals surface area contributed by atoms with Crippen LogP contribution in [0.3, 0.4) is 0 Å². The fraction of sp³-hybridized carbons (Fsp3) is 0.520. The summed E-state index contributed by atoms with van der Waals surface area (Å²) in [7, 11) is 0. The van der Waals surface area contributed by atoms with Gasteiger partial charge >= 0.3 is 12.1 Å². The first-order chi connectivity index (χ1) is 15.2. The third kappa shape index (κ3) is 7.12. The lowest BCUT2D eigenvalue weighted by atomic mass is 9.92. The van der Waals surface area contributed by atoms with Crippen LogP contribution in [0.15, 0.2) is 48.3 Å². The van der Waals surface area contributed by atoms with E-state index in [1.165, 1.54) is 0 Å². The first-order valence-corrected chi connectivity index (χ1v) is 11.3. The van der Waals surface area contributed by atoms with Gasteiger partial charge in [0.2, 0.25) is 0 Å². The van der Waals surface area contributed by atoms with E-state index >= 15 is 0 Å². The molecule has 2 aliphatic carbocycles. The number of rotatable bonds is 7. The molecule has 0 aromatic heterocycles. The van der Waals surface area contributed by atoms with E-state index in [0.717, 1.165) is 31.2 Å². The maximum absolute atomic E-state index is 12.9. The number of benzene rings is 1. The Bertz CT molecular complexity index is 848. The summed E-state index contributed by atoms with van der Waals surface area (Å²) in [5.41, 5.74) is 6.00. The van der Waals surface area contributed by atoms with E-state index in [0.29, 0.717) is 24.5 Å². The van der Waals surface area contributed by atoms with E-state index in [1.54, 1.807) is 20.8 Å². The average Bonchev–Trinajstić information content (AvgIpc) is 3.25. The topological polar surface area (TPSA) is 99.9 Å². The maximum Gasteiger partial charge on any atom is 0.408 e. The van der Waals surface area contributed by atoms with E-state index in [9.17, 15) is 9.59 Å². The fourth-order valence-corrected chi connectivity index (χ4v) is 3.79. The van der Waals surface area contributed by atoms with Gasteiger partial charge in [0, 0.05) is 12.5 Å². The van der Waals surface area contributed by atoms with Crippen LogP contribution in [-0.2, 0) is 20.8 Å². The molecule has 0 saturated heterocycles. The van der Waals surface area contributed by atoms with Crippen LogP contribution in [0.25, 0.3) is 0 Å². The molecule has 0 heterocycles. The molecular formula is C25H34N2O5. The van der Waals surface area contributed by atoms with Crippen molar-refractivity contribution in [3.63, 3.8) is 0 Å². The molecule has 3 N–H and O–H groups in total. The summed E-state index contributed by atoms with van der Waals surface area (Å²) < 4.78 is 17.0. The molecule has 2 atom stereocenters. The summed E-state index contributed by atoms with van der Waals surface area (Å²) in [6.45, 7) is 5.83. The van der Waals surface area contributed by atoms with Crippen molar-refractivity contribution in [2.24, 2.45) is 11.7 Å². The minimum atomic E-state index is -0.830. The van der Waals surface area contributed by atoms with Crippen LogP contribution in [0.1, 0.15) is 58.4 Å². The first kappa shape index (κ1) is 23.9. The largest absolute Gasteiger partial charge is 0.461 e. The van der Waals surface area contributed by atoms with Gasteiger partial charge in [-0.2, -0.15) is 0 Å². The van der Waals surface area contributed by atoms with Gasteiger partial charge in [-0.25, -0.2) is 9.59 Å². The van der Waals surface area contributed by atoms with Crippen LogP contribution in [0.2, 0.25) is 0 Å². The van der Waals surface area contributed by atoms with Crippen molar-refractivity contribution >= 4 is 12.1 Å². The molecule has 0 radical (unpaired) electrons. The molecule has 1 aromatic rings. The van der Waals surface area contributed by atoms with Gasteiger partial charge < -0.3 is 25.3 Å². The predicted molar refractivity (Wildman–Crippen MR) is 122 cm³/mol. The van der Waals surface area contributed by atoms with Gasteiger partial charge in [-0.05, 0) is 82.7 Å². The molecule has 1 aromatic carbocycles. The molecule has 32 heavy (non-hydrogen) atoms. The normalized spacial score (nSPS) is 19.8. The second-order valence-electron chi connectivity index (χ2n) is 9.28. The average molecular weight is 443 g/mol. The molecule has 2 aliphatic rings. The Hall–Kier alpha value is -2.80. The number of amides is 1. The van der Waals surface area contributed by atoms with Gasteiger partial charge in [0.1, 0.15) is 29.3 Å². The molecule has 7 heteroatoms. The maximum atomic E-state index is 12.9. The molecule has 0 bridgehead atoms. The van der Waals surface area contributed by atoms with Crippen molar-refractivity contribution in [1.29, 1.82) is 0 Å². The zero-order valence-electron chi connectivity index (χ0n) is 19.1. The highest BCUT2D eigenvalue weighted by Gasteiger charge is 2.34. The highest BCUT2D eigenvalue weighted by molar-refractivity contribution is 5.82. The summed E-state index contributed by atoms with van der Waals surface area (Å²) in [4.78, 5) is 25.3. The van der Waals surface area contributed by atoms with Gasteiger partial charge in [0.15, 0.2) is 0 Å². The third-order valence-corrected chi connectivity index (χ3v) is 5.43. The van der Waals surface area contributed by atoms with Crippen molar-refractivity contribution in [1.82, 2.24) is 5.32 Å². The quantitative estimate of drug-likeness (QED) is 0.609. The molecule has 0 aliphatic heterocycles. The highest BCUT2D eigenvalue weighted by Crippen LogP contribution is 2.26. The van der Waals surface area contributed by atoms with E-state index in [2.05, 4.69) is 5.32 Å². The number of carbonyl (C=O) groups is 2. The lowest BCUT2D eigenvalue weighted by Gasteiger charge is -2.28. The number of alkyl carbamates (subject to hydrolysis) is 1. The van der Waals surface area contributed by atoms with E-state index in [-0.39, 0.29) is 12.0 Å². The van der Waals surface area contributed by atoms with E-state index in [1.807, 2.05) is 42.5 Å². The summed E-state index contributed by atoms with van der Waals surface area (Å²) in [6.07, 6.45) is 9.26. The number of ether oxygens (including phenoxy) is 3. The van der Waals surface area contributed by atoms with Crippen molar-refractivity contribution in [2.45, 2.75) is 77.2 Å². The molecule has 1 saturated carbocycles. The Kier molecular flexibility index (Phi) is 7.96. The lowest BCUT2D eigenvalue weighted by Crippen LogP contribution is -2.48. The summed E-state index contributed by atoms with van der Waals surface area (Å²) in [6, 6.07) is 6.75. The Morgan fingerprint density at radius 2 is 1.84 bits per heavy atom. The number of hydrogen-bond donors (Lipinski definition) is 2. The number of hydrogen-bond acceptors (Lipinski definition) is 6. The number of allylic oxidation sites excluding steroid dienone is 2. The zero-order chi connectivity index (χ0) is 23.1. The van der Waals surface area contributed by atoms with Crippen LogP contribution in [-0.4, -0.2) is 29.8 Å². The monoisotopic (exact) mass is 442 g/mol. The first-order valence-electron chi connectivity index (χ1n) is 11.3. The second-order valence-corrected chi connectivity index (χ2v) is 9.28. The van der Waals surface area contributed by atoms with Gasteiger partial charge in [0.25, 0.3) is 0 Å². The molecule has 0 spiro atoms. The van der Waals surface area contributed by atoms with Crippen molar-refractivity contribution in [3.8, 4) is 5.75 Å². The van der Waals surface area contributed by atoms with E-state index < -0.39 is 23.7 Å². The van der Waals surface area contributed by atoms with Crippen molar-refractivity contribution in [3.05, 3.63) is 53.8 Å². The zero-order valence-corrected chi connectivity index (χ0v) is 19.1. The molecule has 1 fully saturated rings. The summed E-state index contributed by atoms with van der Waals surface area (Å²) >= 11 is 0. The molecule has 7 nitrogen and oxygen atoms in total. The molecule has 1 amide bonds. The number of nitrogens with one attached hydrogen (secondary N) is 1. The standard InChI is InChI=1S/C25H34N2O5/c1-25(2,3)32-24(29)27-22(23(28)31-19-6-4-5-7-19)18-10-14-21(15-11-18)30-20-12-8-17(16-26)9-13-20/h8-10,12-15,18-19,22H,4-7,11,16,26H2,1-3H3,(H,27,29)/t18?,22-/m0/s1. The number of esters is 1. The lowest BCUT2D eigenvalue weighted by molar-refractivity contribution is -0.152. The van der Waals surface area contributed by atoms with Crippen molar-refractivity contribution < 1.29 is 23.8 Å². The van der Waals surface area contributed by atoms with Crippen LogP contribution in [0, 0.1) is 5.92 Å². The van der Waals surface area contributed by atoms with Gasteiger partial charge in [0.05, 0.1) is 0 Å². The Morgan fingerprint density at radius 3 is 2.41 bits per heavy atom. The summed E-state index contributed by atoms with van der Waals surface area (Å²) in [5.74, 6) is 0.707. The minimum Gasteiger partial charge on any atom is -0.461 e. The Balaban J connectivity index is 1.65. The van der Waals surface area contributed by atoms with Crippen molar-refractivity contribution in [2.75, 3.05) is 0 Å². The van der Waals surface area contributed by atoms with Crippen LogP contribution >= 0.6 is 0 Å². The fourth-order valence-electron chi connectivity index (χ4n) is 3.79. The van der Waals surface area contributed by atoms with Gasteiger partial charge in [-0.15, -0.1) is 0 Å². The third-order valence-electron chi connectivity index (χ3n) is 5.43. The predicted octanol–water partition coefficient (Wildman–Crippen LogP) is 4.36. The Labute approximate surface area is 190 Å². The minimum absolute atomic E-state index is 0.0797. The summed E-state index contributed by atoms with van der Waals surface area (Å²) in [5, 5.41) is 2.73. The highest BCUT2D eigenvalue weighted by atomic mass is 16.6. The van der Waals surface area contributed by atoms with E-state index in [4.69, 9.17) is 19.9 Å². The molecule has 174 valence electrons. The number of nitrogens with two attached hydrogens (primary N) is 1. The van der Waals surface area contributed by atoms with Crippen LogP contribution in [0.4, 0.5) is 4.79 Å². The molecule has 1 unspecified atom stereocenters. The smallest absolute Gasteiger partial charge is 0.408 e. The SMILES string of the molecule is CC(C)(C)OC(=O)N[C@H](C(=O)OC1CCCC1)C1C=CC(Oc2ccc(CN)cc2)=CC1. The number of carbonyl (C=O) groups excluding carboxylic acids is 2. The molecular weight excluding hydrogens is 408 g/mol. The Morgan fingerprint density at radius 1 is 1.16 bits per heavy atom. The van der Waals surface area contributed by atoms with Crippen LogP contribution < -0.4 is 15.8 Å². The van der Waals surface area contributed by atoms with Crippen LogP contribution in [0.5, 0.6) is 5.75 Å².